The maximum Gasteiger partial charge on any atom is 0.349 e. The third kappa shape index (κ3) is 2.94. The van der Waals surface area contributed by atoms with Crippen LogP contribution in [0.1, 0.15) is 0 Å². The monoisotopic (exact) mass is 181 g/mol. The molecule has 1 aromatic carbocycles. The van der Waals surface area contributed by atoms with Crippen molar-refractivity contribution in [3.8, 4) is 0 Å². The zero-order chi connectivity index (χ0) is 8.81. The average Bonchev–Trinajstić information content (AvgIpc) is 2.15. The Bertz CT molecular complexity index is 220. The van der Waals surface area contributed by atoms with Crippen molar-refractivity contribution in [1.82, 2.24) is 0 Å². The predicted molar refractivity (Wildman–Crippen MR) is 56.5 cm³/mol. The van der Waals surface area contributed by atoms with E-state index in [4.69, 9.17) is 10.4 Å². The molecule has 0 aromatic heterocycles. The summed E-state index contributed by atoms with van der Waals surface area (Å²) in [5.74, 6) is 0. The topological polar surface area (TPSA) is 35.2 Å². The van der Waals surface area contributed by atoms with Gasteiger partial charge in [-0.15, -0.1) is 9.12 Å². The van der Waals surface area contributed by atoms with E-state index in [-0.39, 0.29) is 6.64 Å². The third-order valence-electron chi connectivity index (χ3n) is 1.54. The molecule has 1 rings (SSSR count). The minimum Gasteiger partial charge on any atom is -0.426 e. The van der Waals surface area contributed by atoms with Crippen LogP contribution in [0.5, 0.6) is 0 Å². The van der Waals surface area contributed by atoms with Gasteiger partial charge in [0.25, 0.3) is 0 Å². The van der Waals surface area contributed by atoms with Crippen molar-refractivity contribution in [3.05, 3.63) is 30.3 Å². The largest absolute Gasteiger partial charge is 0.426 e. The van der Waals surface area contributed by atoms with Crippen LogP contribution in [-0.4, -0.2) is 19.8 Å². The smallest absolute Gasteiger partial charge is 0.349 e. The first-order valence-electron chi connectivity index (χ1n) is 3.97. The summed E-state index contributed by atoms with van der Waals surface area (Å²) < 4.78 is 5.42. The van der Waals surface area contributed by atoms with Crippen LogP contribution < -0.4 is 11.2 Å². The lowest BCUT2D eigenvalue weighted by Crippen LogP contribution is -2.29. The van der Waals surface area contributed by atoms with Crippen LogP contribution in [0, 0.1) is 0 Å². The summed E-state index contributed by atoms with van der Waals surface area (Å²) in [6.07, 6.45) is 0. The van der Waals surface area contributed by atoms with E-state index in [1.165, 1.54) is 0 Å². The molecule has 0 aliphatic rings. The van der Waals surface area contributed by atoms with E-state index < -0.39 is 0 Å². The molecule has 64 valence electrons. The van der Waals surface area contributed by atoms with Gasteiger partial charge < -0.3 is 10.4 Å². The average molecular weight is 181 g/mol. The van der Waals surface area contributed by atoms with Crippen LogP contribution in [0.25, 0.3) is 0 Å². The quantitative estimate of drug-likeness (QED) is 0.533. The van der Waals surface area contributed by atoms with Crippen LogP contribution in [0.4, 0.5) is 0 Å². The van der Waals surface area contributed by atoms with Gasteiger partial charge in [-0.3, -0.25) is 0 Å². The van der Waals surface area contributed by atoms with Crippen molar-refractivity contribution in [2.75, 3.05) is 13.2 Å². The van der Waals surface area contributed by atoms with Gasteiger partial charge in [-0.25, -0.2) is 0 Å². The van der Waals surface area contributed by atoms with Gasteiger partial charge in [-0.1, -0.05) is 30.3 Å². The van der Waals surface area contributed by atoms with Crippen molar-refractivity contribution in [2.45, 2.75) is 0 Å². The highest BCUT2D eigenvalue weighted by Crippen LogP contribution is 1.97. The zero-order valence-electron chi connectivity index (χ0n) is 6.94. The maximum absolute atomic E-state index is 5.42. The molecule has 0 saturated heterocycles. The van der Waals surface area contributed by atoms with Crippen LogP contribution in [0.2, 0.25) is 0 Å². The van der Waals surface area contributed by atoms with Crippen molar-refractivity contribution in [2.24, 2.45) is 5.73 Å². The molecule has 0 aliphatic heterocycles. The summed E-state index contributed by atoms with van der Waals surface area (Å²) in [6.45, 7) is 1.23. The molecule has 2 N–H and O–H groups in total. The van der Waals surface area contributed by atoms with Crippen LogP contribution in [0.3, 0.4) is 0 Å². The molecule has 1 atom stereocenters. The molecule has 2 nitrogen and oxygen atoms in total. The van der Waals surface area contributed by atoms with Gasteiger partial charge in [0.05, 0.1) is 0 Å². The Labute approximate surface area is 75.8 Å². The van der Waals surface area contributed by atoms with Crippen molar-refractivity contribution < 1.29 is 4.65 Å². The van der Waals surface area contributed by atoms with Crippen molar-refractivity contribution >= 4 is 21.2 Å². The van der Waals surface area contributed by atoms with Gasteiger partial charge in [0.15, 0.2) is 0 Å². The second-order valence-electron chi connectivity index (χ2n) is 2.49. The number of rotatable bonds is 4. The van der Waals surface area contributed by atoms with E-state index in [0.29, 0.717) is 13.2 Å². The number of nitrogens with two attached hydrogens (primary N) is 1. The molecule has 1 aromatic rings. The first-order valence-corrected chi connectivity index (χ1v) is 4.63. The summed E-state index contributed by atoms with van der Waals surface area (Å²) in [5, 5.41) is 0. The van der Waals surface area contributed by atoms with E-state index in [1.807, 2.05) is 30.3 Å². The molecule has 0 amide bonds. The highest BCUT2D eigenvalue weighted by Gasteiger charge is 2.09. The molecule has 0 saturated carbocycles. The molecule has 4 heteroatoms. The van der Waals surface area contributed by atoms with E-state index in [9.17, 15) is 0 Å². The third-order valence-corrected chi connectivity index (χ3v) is 2.12. The molecule has 0 aliphatic carbocycles. The lowest BCUT2D eigenvalue weighted by atomic mass is 9.86. The second kappa shape index (κ2) is 5.31. The zero-order valence-corrected chi connectivity index (χ0v) is 8.10. The summed E-state index contributed by atoms with van der Waals surface area (Å²) in [6, 6.07) is 10.1. The number of benzene rings is 1. The molecular formula is C8H13BNOP. The van der Waals surface area contributed by atoms with Gasteiger partial charge in [0.2, 0.25) is 0 Å². The van der Waals surface area contributed by atoms with E-state index >= 15 is 0 Å². The Balaban J connectivity index is 2.48. The van der Waals surface area contributed by atoms with E-state index in [1.54, 1.807) is 0 Å². The molecule has 0 spiro atoms. The van der Waals surface area contributed by atoms with Gasteiger partial charge in [0, 0.05) is 13.2 Å². The maximum atomic E-state index is 5.42. The van der Waals surface area contributed by atoms with Crippen LogP contribution in [-0.2, 0) is 4.65 Å². The number of hydrogen-bond acceptors (Lipinski definition) is 2. The minimum absolute atomic E-state index is 0.0646. The molecule has 12 heavy (non-hydrogen) atoms. The Morgan fingerprint density at radius 3 is 2.58 bits per heavy atom. The van der Waals surface area contributed by atoms with Gasteiger partial charge in [-0.05, 0) is 5.46 Å². The van der Waals surface area contributed by atoms with E-state index in [2.05, 4.69) is 9.12 Å². The first-order chi connectivity index (χ1) is 5.84. The first kappa shape index (κ1) is 9.72. The molecule has 0 bridgehead atoms. The lowest BCUT2D eigenvalue weighted by Gasteiger charge is -2.07. The Hall–Kier alpha value is -0.365. The van der Waals surface area contributed by atoms with E-state index in [0.717, 1.165) is 5.46 Å². The van der Waals surface area contributed by atoms with Crippen LogP contribution in [0.15, 0.2) is 30.3 Å². The standard InChI is InChI=1S/C8H13BNOP/c10-6-7-11-9(12)8-4-2-1-3-5-8/h1-5H,6-7,10,12H2. The Morgan fingerprint density at radius 1 is 1.33 bits per heavy atom. The fourth-order valence-corrected chi connectivity index (χ4v) is 1.29. The second-order valence-corrected chi connectivity index (χ2v) is 3.10. The van der Waals surface area contributed by atoms with Crippen molar-refractivity contribution in [3.63, 3.8) is 0 Å². The summed E-state index contributed by atoms with van der Waals surface area (Å²) in [7, 11) is 2.64. The Morgan fingerprint density at radius 2 is 2.00 bits per heavy atom. The summed E-state index contributed by atoms with van der Waals surface area (Å²) >= 11 is 0. The molecule has 0 radical (unpaired) electrons. The van der Waals surface area contributed by atoms with Gasteiger partial charge >= 0.3 is 6.64 Å². The molecule has 0 heterocycles. The summed E-state index contributed by atoms with van der Waals surface area (Å²) in [4.78, 5) is 0. The fraction of sp³-hybridized carbons (Fsp3) is 0.250. The predicted octanol–water partition coefficient (Wildman–Crippen LogP) is 0.232. The highest BCUT2D eigenvalue weighted by molar-refractivity contribution is 7.63. The molecule has 1 unspecified atom stereocenters. The van der Waals surface area contributed by atoms with Gasteiger partial charge in [-0.2, -0.15) is 0 Å². The minimum atomic E-state index is 0.0646. The lowest BCUT2D eigenvalue weighted by molar-refractivity contribution is 0.349. The van der Waals surface area contributed by atoms with Crippen molar-refractivity contribution in [1.29, 1.82) is 0 Å². The number of hydrogen-bond donors (Lipinski definition) is 1. The normalized spacial score (nSPS) is 9.83. The summed E-state index contributed by atoms with van der Waals surface area (Å²) in [5.41, 5.74) is 6.48. The highest BCUT2D eigenvalue weighted by atomic mass is 31.0. The SMILES string of the molecule is NCCOB(P)c1ccccc1. The fourth-order valence-electron chi connectivity index (χ4n) is 0.934. The Kier molecular flexibility index (Phi) is 4.30. The van der Waals surface area contributed by atoms with Gasteiger partial charge in [0.1, 0.15) is 0 Å². The van der Waals surface area contributed by atoms with Crippen LogP contribution >= 0.6 is 9.12 Å². The molecule has 0 fully saturated rings. The molecular weight excluding hydrogens is 168 g/mol.